The fourth-order valence-corrected chi connectivity index (χ4v) is 4.07. The van der Waals surface area contributed by atoms with E-state index in [0.29, 0.717) is 17.7 Å². The molecule has 2 aromatic rings. The second-order valence-electron chi connectivity index (χ2n) is 7.66. The van der Waals surface area contributed by atoms with E-state index in [9.17, 15) is 4.39 Å². The van der Waals surface area contributed by atoms with Crippen molar-refractivity contribution in [1.82, 2.24) is 15.6 Å². The monoisotopic (exact) mass is 375 g/mol. The standard InChI is InChI=1S/C20H22FN3O.ClH/c1-20(6-7-23-20)13-8-17(12-2-4-14(21)5-3-12)24-18(9-13)25-19-15-10-22-11-16(15)19;/h2-5,8-9,15-16,19,22-23H,6-7,10-11H2,1H3;1H. The third kappa shape index (κ3) is 2.98. The molecule has 1 aromatic carbocycles. The van der Waals surface area contributed by atoms with Crippen molar-refractivity contribution < 1.29 is 9.13 Å². The molecule has 1 aliphatic carbocycles. The number of benzene rings is 1. The molecule has 138 valence electrons. The van der Waals surface area contributed by atoms with Gasteiger partial charge in [0, 0.05) is 42.1 Å². The molecule has 6 heteroatoms. The zero-order valence-corrected chi connectivity index (χ0v) is 15.5. The lowest BCUT2D eigenvalue weighted by molar-refractivity contribution is 0.229. The topological polar surface area (TPSA) is 46.2 Å². The highest BCUT2D eigenvalue weighted by Gasteiger charge is 2.55. The van der Waals surface area contributed by atoms with Crippen LogP contribution in [0.2, 0.25) is 0 Å². The molecule has 3 atom stereocenters. The average Bonchev–Trinajstić information content (AvgIpc) is 3.02. The van der Waals surface area contributed by atoms with E-state index in [1.165, 1.54) is 17.7 Å². The molecule has 3 unspecified atom stereocenters. The summed E-state index contributed by atoms with van der Waals surface area (Å²) >= 11 is 0. The number of hydrogen-bond acceptors (Lipinski definition) is 4. The van der Waals surface area contributed by atoms with E-state index in [-0.39, 0.29) is 29.9 Å². The van der Waals surface area contributed by atoms with Crippen molar-refractivity contribution in [1.29, 1.82) is 0 Å². The molecule has 4 nitrogen and oxygen atoms in total. The van der Waals surface area contributed by atoms with Crippen molar-refractivity contribution in [2.45, 2.75) is 25.0 Å². The molecule has 2 N–H and O–H groups in total. The summed E-state index contributed by atoms with van der Waals surface area (Å²) in [5.41, 5.74) is 2.91. The van der Waals surface area contributed by atoms with E-state index in [1.54, 1.807) is 12.1 Å². The molecule has 1 aromatic heterocycles. The first-order chi connectivity index (χ1) is 12.1. The number of hydrogen-bond donors (Lipinski definition) is 2. The lowest BCUT2D eigenvalue weighted by Gasteiger charge is -2.40. The van der Waals surface area contributed by atoms with Crippen LogP contribution >= 0.6 is 12.4 Å². The van der Waals surface area contributed by atoms with Gasteiger partial charge in [-0.25, -0.2) is 9.37 Å². The Balaban J connectivity index is 0.00000168. The highest BCUT2D eigenvalue weighted by Crippen LogP contribution is 2.45. The number of pyridine rings is 1. The van der Waals surface area contributed by atoms with Gasteiger partial charge in [-0.1, -0.05) is 0 Å². The number of fused-ring (bicyclic) bond motifs is 1. The SMILES string of the molecule is CC1(c2cc(OC3C4CNCC43)nc(-c3ccc(F)cc3)c2)CCN1.Cl. The quantitative estimate of drug-likeness (QED) is 0.862. The molecule has 2 aliphatic heterocycles. The molecule has 2 saturated heterocycles. The summed E-state index contributed by atoms with van der Waals surface area (Å²) in [5, 5.41) is 6.90. The van der Waals surface area contributed by atoms with Crippen molar-refractivity contribution in [3.8, 4) is 17.1 Å². The molecule has 0 spiro atoms. The number of aromatic nitrogens is 1. The van der Waals surface area contributed by atoms with Gasteiger partial charge >= 0.3 is 0 Å². The second kappa shape index (κ2) is 6.48. The molecule has 3 heterocycles. The van der Waals surface area contributed by atoms with Gasteiger partial charge in [-0.15, -0.1) is 12.4 Å². The largest absolute Gasteiger partial charge is 0.474 e. The van der Waals surface area contributed by atoms with Gasteiger partial charge in [-0.2, -0.15) is 0 Å². The van der Waals surface area contributed by atoms with Crippen LogP contribution in [0.15, 0.2) is 36.4 Å². The number of nitrogens with one attached hydrogen (secondary N) is 2. The predicted molar refractivity (Wildman–Crippen MR) is 101 cm³/mol. The van der Waals surface area contributed by atoms with Crippen LogP contribution in [0.5, 0.6) is 5.88 Å². The minimum Gasteiger partial charge on any atom is -0.474 e. The van der Waals surface area contributed by atoms with Gasteiger partial charge in [0.25, 0.3) is 0 Å². The van der Waals surface area contributed by atoms with Crippen LogP contribution in [0.3, 0.4) is 0 Å². The molecule has 0 amide bonds. The molecular weight excluding hydrogens is 353 g/mol. The highest BCUT2D eigenvalue weighted by atomic mass is 35.5. The minimum atomic E-state index is -0.234. The summed E-state index contributed by atoms with van der Waals surface area (Å²) in [6.45, 7) is 5.32. The summed E-state index contributed by atoms with van der Waals surface area (Å²) in [5.74, 6) is 1.70. The fourth-order valence-electron chi connectivity index (χ4n) is 4.07. The molecule has 1 saturated carbocycles. The predicted octanol–water partition coefficient (Wildman–Crippen LogP) is 3.11. The van der Waals surface area contributed by atoms with Crippen molar-refractivity contribution >= 4 is 12.4 Å². The Morgan fingerprint density at radius 3 is 2.46 bits per heavy atom. The number of piperidine rings is 1. The van der Waals surface area contributed by atoms with E-state index in [4.69, 9.17) is 9.72 Å². The Bertz CT molecular complexity index is 799. The van der Waals surface area contributed by atoms with Crippen LogP contribution in [0.1, 0.15) is 18.9 Å². The molecule has 0 bridgehead atoms. The summed E-state index contributed by atoms with van der Waals surface area (Å²) in [6, 6.07) is 10.7. The first-order valence-corrected chi connectivity index (χ1v) is 9.03. The van der Waals surface area contributed by atoms with Crippen molar-refractivity contribution in [2.75, 3.05) is 19.6 Å². The third-order valence-electron chi connectivity index (χ3n) is 5.99. The maximum Gasteiger partial charge on any atom is 0.214 e. The molecule has 3 aliphatic rings. The molecule has 5 rings (SSSR count). The third-order valence-corrected chi connectivity index (χ3v) is 5.99. The van der Waals surface area contributed by atoms with Gasteiger partial charge in [0.05, 0.1) is 5.69 Å². The normalized spacial score (nSPS) is 31.5. The van der Waals surface area contributed by atoms with Gasteiger partial charge in [0.1, 0.15) is 11.9 Å². The Kier molecular flexibility index (Phi) is 4.41. The Morgan fingerprint density at radius 2 is 1.85 bits per heavy atom. The Morgan fingerprint density at radius 1 is 1.15 bits per heavy atom. The zero-order chi connectivity index (χ0) is 17.0. The first kappa shape index (κ1) is 17.7. The lowest BCUT2D eigenvalue weighted by atomic mass is 9.82. The minimum absolute atomic E-state index is 0. The van der Waals surface area contributed by atoms with E-state index in [0.717, 1.165) is 37.3 Å². The highest BCUT2D eigenvalue weighted by molar-refractivity contribution is 5.85. The first-order valence-electron chi connectivity index (χ1n) is 9.03. The number of halogens is 2. The maximum atomic E-state index is 13.3. The van der Waals surface area contributed by atoms with Crippen LogP contribution in [0.4, 0.5) is 4.39 Å². The van der Waals surface area contributed by atoms with Gasteiger partial charge in [-0.3, -0.25) is 0 Å². The molecular formula is C20H23ClFN3O. The van der Waals surface area contributed by atoms with Gasteiger partial charge < -0.3 is 15.4 Å². The van der Waals surface area contributed by atoms with Crippen molar-refractivity contribution in [3.05, 3.63) is 47.8 Å². The van der Waals surface area contributed by atoms with E-state index < -0.39 is 0 Å². The Labute approximate surface area is 159 Å². The molecule has 26 heavy (non-hydrogen) atoms. The molecule has 0 radical (unpaired) electrons. The van der Waals surface area contributed by atoms with Gasteiger partial charge in [-0.05, 0) is 55.8 Å². The van der Waals surface area contributed by atoms with Crippen LogP contribution < -0.4 is 15.4 Å². The maximum absolute atomic E-state index is 13.3. The summed E-state index contributed by atoms with van der Waals surface area (Å²) < 4.78 is 19.5. The van der Waals surface area contributed by atoms with Crippen molar-refractivity contribution in [2.24, 2.45) is 11.8 Å². The van der Waals surface area contributed by atoms with Crippen molar-refractivity contribution in [3.63, 3.8) is 0 Å². The van der Waals surface area contributed by atoms with Crippen LogP contribution in [-0.2, 0) is 5.54 Å². The molecule has 3 fully saturated rings. The van der Waals surface area contributed by atoms with Gasteiger partial charge in [0.15, 0.2) is 0 Å². The van der Waals surface area contributed by atoms with Gasteiger partial charge in [0.2, 0.25) is 5.88 Å². The lowest BCUT2D eigenvalue weighted by Crippen LogP contribution is -2.51. The number of nitrogens with zero attached hydrogens (tertiary/aromatic N) is 1. The summed E-state index contributed by atoms with van der Waals surface area (Å²) in [7, 11) is 0. The van der Waals surface area contributed by atoms with Crippen LogP contribution in [0.25, 0.3) is 11.3 Å². The van der Waals surface area contributed by atoms with Crippen LogP contribution in [-0.4, -0.2) is 30.7 Å². The average molecular weight is 376 g/mol. The van der Waals surface area contributed by atoms with Crippen LogP contribution in [0, 0.1) is 17.7 Å². The number of rotatable bonds is 4. The van der Waals surface area contributed by atoms with E-state index in [2.05, 4.69) is 29.7 Å². The Hall–Kier alpha value is -1.69. The summed E-state index contributed by atoms with van der Waals surface area (Å²) in [4.78, 5) is 4.72. The zero-order valence-electron chi connectivity index (χ0n) is 14.7. The van der Waals surface area contributed by atoms with E-state index >= 15 is 0 Å². The smallest absolute Gasteiger partial charge is 0.214 e. The summed E-state index contributed by atoms with van der Waals surface area (Å²) in [6.07, 6.45) is 1.38. The fraction of sp³-hybridized carbons (Fsp3) is 0.450. The second-order valence-corrected chi connectivity index (χ2v) is 7.66. The van der Waals surface area contributed by atoms with E-state index in [1.807, 2.05) is 0 Å². The number of ether oxygens (including phenoxy) is 1.